The van der Waals surface area contributed by atoms with E-state index in [1.54, 1.807) is 0 Å². The van der Waals surface area contributed by atoms with Crippen LogP contribution in [-0.4, -0.2) is 10.9 Å². The lowest BCUT2D eigenvalue weighted by Crippen LogP contribution is -2.40. The second kappa shape index (κ2) is 6.86. The quantitative estimate of drug-likeness (QED) is 0.455. The molecule has 0 fully saturated rings. The number of nitrogen functional groups attached to an aromatic ring is 1. The molecule has 0 spiro atoms. The molecule has 20 heavy (non-hydrogen) atoms. The largest absolute Gasteiger partial charge is 0.545 e. The molecule has 0 aliphatic rings. The molecule has 0 aliphatic heterocycles. The van der Waals surface area contributed by atoms with E-state index in [2.05, 4.69) is 5.73 Å². The zero-order valence-electron chi connectivity index (χ0n) is 10.5. The van der Waals surface area contributed by atoms with E-state index < -0.39 is 10.9 Å². The van der Waals surface area contributed by atoms with Crippen molar-refractivity contribution >= 4 is 23.0 Å². The Bertz CT molecular complexity index is 557. The van der Waals surface area contributed by atoms with E-state index >= 15 is 0 Å². The number of nitrogens with zero attached hydrogens (tertiary/aromatic N) is 1. The average Bonchev–Trinajstić information content (AvgIpc) is 2.43. The molecule has 2 rings (SSSR count). The number of hydrogen-bond donors (Lipinski definition) is 2. The van der Waals surface area contributed by atoms with E-state index in [1.165, 1.54) is 0 Å². The monoisotopic (exact) mass is 275 g/mol. The summed E-state index contributed by atoms with van der Waals surface area (Å²) in [5.41, 5.74) is 10.6. The highest BCUT2D eigenvalue weighted by molar-refractivity contribution is 5.85. The molecule has 0 aliphatic carbocycles. The first-order valence-electron chi connectivity index (χ1n) is 5.54. The van der Waals surface area contributed by atoms with Crippen molar-refractivity contribution in [3.63, 3.8) is 0 Å². The highest BCUT2D eigenvalue weighted by Gasteiger charge is 2.03. The molecule has 0 heterocycles. The smallest absolute Gasteiger partial charge is 0.269 e. The van der Waals surface area contributed by atoms with Crippen LogP contribution < -0.4 is 16.6 Å². The predicted molar refractivity (Wildman–Crippen MR) is 70.8 cm³/mol. The fourth-order valence-electron chi connectivity index (χ4n) is 1.25. The van der Waals surface area contributed by atoms with Gasteiger partial charge in [-0.1, -0.05) is 12.1 Å². The van der Waals surface area contributed by atoms with Gasteiger partial charge >= 0.3 is 0 Å². The van der Waals surface area contributed by atoms with Crippen molar-refractivity contribution in [1.29, 1.82) is 0 Å². The summed E-state index contributed by atoms with van der Waals surface area (Å²) in [5.74, 6) is -1.34. The number of nitro groups is 1. The predicted octanol–water partition coefficient (Wildman–Crippen LogP) is 0.101. The second-order valence-corrected chi connectivity index (χ2v) is 3.79. The minimum atomic E-state index is -1.34. The van der Waals surface area contributed by atoms with Crippen molar-refractivity contribution in [2.75, 3.05) is 5.73 Å². The summed E-state index contributed by atoms with van der Waals surface area (Å²) in [6, 6.07) is 12.0. The van der Waals surface area contributed by atoms with Gasteiger partial charge in [0.15, 0.2) is 5.69 Å². The minimum absolute atomic E-state index is 0.0689. The fraction of sp³-hybridized carbons (Fsp3) is 0. The van der Waals surface area contributed by atoms with E-state index in [-0.39, 0.29) is 11.3 Å². The Hall–Kier alpha value is -2.93. The van der Waals surface area contributed by atoms with Gasteiger partial charge in [-0.2, -0.15) is 0 Å². The third-order valence-electron chi connectivity index (χ3n) is 2.37. The lowest BCUT2D eigenvalue weighted by Gasteiger charge is -1.99. The van der Waals surface area contributed by atoms with Gasteiger partial charge in [-0.3, -0.25) is 10.1 Å². The van der Waals surface area contributed by atoms with Gasteiger partial charge in [0.05, 0.1) is 16.6 Å². The van der Waals surface area contributed by atoms with Crippen LogP contribution in [0.2, 0.25) is 0 Å². The molecule has 7 heteroatoms. The van der Waals surface area contributed by atoms with Gasteiger partial charge in [-0.25, -0.2) is 0 Å². The molecule has 7 nitrogen and oxygen atoms in total. The zero-order chi connectivity index (χ0) is 15.1. The number of nitro benzene ring substituents is 1. The van der Waals surface area contributed by atoms with Crippen LogP contribution >= 0.6 is 0 Å². The van der Waals surface area contributed by atoms with Crippen LogP contribution in [0.1, 0.15) is 10.4 Å². The van der Waals surface area contributed by atoms with E-state index in [1.807, 2.05) is 24.3 Å². The molecule has 0 radical (unpaired) electrons. The van der Waals surface area contributed by atoms with Crippen LogP contribution in [0.25, 0.3) is 0 Å². The zero-order valence-corrected chi connectivity index (χ0v) is 10.5. The molecule has 0 saturated heterocycles. The first-order chi connectivity index (χ1) is 9.41. The third-order valence-corrected chi connectivity index (χ3v) is 2.37. The third kappa shape index (κ3) is 4.39. The maximum Gasteiger partial charge on any atom is 0.269 e. The number of anilines is 1. The normalized spacial score (nSPS) is 9.25. The Balaban J connectivity index is 0.000000217. The van der Waals surface area contributed by atoms with Crippen molar-refractivity contribution < 1.29 is 20.6 Å². The van der Waals surface area contributed by atoms with Crippen molar-refractivity contribution in [3.8, 4) is 0 Å². The van der Waals surface area contributed by atoms with Gasteiger partial charge in [0, 0.05) is 18.2 Å². The Morgan fingerprint density at radius 1 is 1.10 bits per heavy atom. The van der Waals surface area contributed by atoms with Crippen LogP contribution in [0.3, 0.4) is 0 Å². The van der Waals surface area contributed by atoms with Gasteiger partial charge < -0.3 is 21.4 Å². The lowest BCUT2D eigenvalue weighted by atomic mass is 10.2. The van der Waals surface area contributed by atoms with Gasteiger partial charge in [0.25, 0.3) is 5.69 Å². The maximum absolute atomic E-state index is 10.2. The summed E-state index contributed by atoms with van der Waals surface area (Å²) in [5, 5.41) is 20.3. The Kier molecular flexibility index (Phi) is 5.19. The number of carbonyl (C=O) groups excluding carboxylic acids is 1. The Labute approximate surface area is 114 Å². The number of rotatable bonds is 2. The molecule has 5 N–H and O–H groups in total. The number of nitrogens with two attached hydrogens (primary N) is 1. The van der Waals surface area contributed by atoms with E-state index in [4.69, 9.17) is 5.73 Å². The van der Waals surface area contributed by atoms with Crippen LogP contribution in [0, 0.1) is 10.1 Å². The summed E-state index contributed by atoms with van der Waals surface area (Å²) < 4.78 is 0. The molecule has 104 valence electrons. The van der Waals surface area contributed by atoms with Crippen molar-refractivity contribution in [2.45, 2.75) is 0 Å². The van der Waals surface area contributed by atoms with Gasteiger partial charge in [0.1, 0.15) is 0 Å². The first kappa shape index (κ1) is 15.1. The highest BCUT2D eigenvalue weighted by atomic mass is 16.6. The minimum Gasteiger partial charge on any atom is -0.545 e. The Morgan fingerprint density at radius 3 is 2.00 bits per heavy atom. The Morgan fingerprint density at radius 2 is 1.65 bits per heavy atom. The summed E-state index contributed by atoms with van der Waals surface area (Å²) in [6.07, 6.45) is 0. The topological polar surface area (TPSA) is 137 Å². The fourth-order valence-corrected chi connectivity index (χ4v) is 1.25. The van der Waals surface area contributed by atoms with Crippen LogP contribution in [0.5, 0.6) is 0 Å². The second-order valence-electron chi connectivity index (χ2n) is 3.79. The van der Waals surface area contributed by atoms with Crippen LogP contribution in [0.4, 0.5) is 17.1 Å². The molecule has 0 aromatic heterocycles. The molecule has 0 saturated carbocycles. The van der Waals surface area contributed by atoms with Crippen molar-refractivity contribution in [1.82, 2.24) is 0 Å². The summed E-state index contributed by atoms with van der Waals surface area (Å²) in [7, 11) is 0. The maximum atomic E-state index is 10.2. The number of carboxylic acids is 1. The first-order valence-corrected chi connectivity index (χ1v) is 5.54. The molecular formula is C13H13N3O4. The standard InChI is InChI=1S/C7H5NO4.C6H8N2/c9-7(10)5-1-3-6(4-2-5)8(11)12;7-5-3-1-2-4-6(5)8/h1-4H,(H,9,10);1-4H,7-8H2. The summed E-state index contributed by atoms with van der Waals surface area (Å²) in [6.45, 7) is 0. The number of benzene rings is 2. The van der Waals surface area contributed by atoms with Gasteiger partial charge in [0.2, 0.25) is 0 Å². The summed E-state index contributed by atoms with van der Waals surface area (Å²) >= 11 is 0. The van der Waals surface area contributed by atoms with E-state index in [0.29, 0.717) is 0 Å². The molecule has 2 aromatic rings. The number of hydrogen-bond acceptors (Lipinski definition) is 5. The van der Waals surface area contributed by atoms with Crippen molar-refractivity contribution in [3.05, 3.63) is 64.2 Å². The number of aromatic carboxylic acids is 1. The van der Waals surface area contributed by atoms with Gasteiger partial charge in [-0.05, 0) is 23.8 Å². The molecule has 0 unspecified atom stereocenters. The molecule has 2 aromatic carbocycles. The number of para-hydroxylation sites is 1. The molecule has 0 atom stereocenters. The van der Waals surface area contributed by atoms with Gasteiger partial charge in [-0.15, -0.1) is 0 Å². The lowest BCUT2D eigenvalue weighted by molar-refractivity contribution is -0.384. The average molecular weight is 275 g/mol. The van der Waals surface area contributed by atoms with Crippen molar-refractivity contribution in [2.24, 2.45) is 0 Å². The highest BCUT2D eigenvalue weighted by Crippen LogP contribution is 2.11. The number of carboxylic acid groups (broad SMARTS) is 1. The number of non-ortho nitro benzene ring substituents is 1. The van der Waals surface area contributed by atoms with E-state index in [9.17, 15) is 20.0 Å². The summed E-state index contributed by atoms with van der Waals surface area (Å²) in [4.78, 5) is 19.7. The number of carbonyl (C=O) groups is 1. The molecule has 0 amide bonds. The van der Waals surface area contributed by atoms with Crippen LogP contribution in [-0.2, 0) is 0 Å². The molecule has 0 bridgehead atoms. The van der Waals surface area contributed by atoms with Crippen LogP contribution in [0.15, 0.2) is 48.5 Å². The SMILES string of the molecule is Nc1ccccc1[NH3+].O=C([O-])c1ccc([N+](=O)[O-])cc1. The number of quaternary nitrogens is 1. The van der Waals surface area contributed by atoms with E-state index in [0.717, 1.165) is 35.6 Å². The molecular weight excluding hydrogens is 262 g/mol.